The van der Waals surface area contributed by atoms with Crippen molar-refractivity contribution in [2.75, 3.05) is 0 Å². The van der Waals surface area contributed by atoms with Crippen LogP contribution in [0.25, 0.3) is 0 Å². The third-order valence-corrected chi connectivity index (χ3v) is 7.98. The van der Waals surface area contributed by atoms with E-state index >= 15 is 0 Å². The summed E-state index contributed by atoms with van der Waals surface area (Å²) in [6, 6.07) is 0.386. The smallest absolute Gasteiger partial charge is 0.223 e. The lowest BCUT2D eigenvalue weighted by Gasteiger charge is -2.59. The fraction of sp³-hybridized carbons (Fsp3) is 0.850. The van der Waals surface area contributed by atoms with Crippen LogP contribution < -0.4 is 5.32 Å². The summed E-state index contributed by atoms with van der Waals surface area (Å²) in [5.74, 6) is 4.76. The molecule has 0 spiro atoms. The molecule has 1 amide bonds. The maximum absolute atomic E-state index is 12.8. The molecule has 6 rings (SSSR count). The number of carbonyl (C=O) groups excluding carboxylic acids is 1. The molecule has 0 aromatic heterocycles. The Hall–Kier alpha value is -0.790. The minimum atomic E-state index is 0.270. The Morgan fingerprint density at radius 2 is 1.64 bits per heavy atom. The summed E-state index contributed by atoms with van der Waals surface area (Å²) in [6.07, 6.45) is 15.6. The van der Waals surface area contributed by atoms with Crippen molar-refractivity contribution in [3.63, 3.8) is 0 Å². The first-order valence-electron chi connectivity index (χ1n) is 9.60. The third kappa shape index (κ3) is 1.95. The molecule has 120 valence electrons. The zero-order valence-electron chi connectivity index (χ0n) is 13.8. The van der Waals surface area contributed by atoms with Gasteiger partial charge in [-0.1, -0.05) is 12.2 Å². The van der Waals surface area contributed by atoms with Crippen LogP contribution in [-0.2, 0) is 4.79 Å². The third-order valence-electron chi connectivity index (χ3n) is 7.98. The van der Waals surface area contributed by atoms with Crippen molar-refractivity contribution in [1.29, 1.82) is 0 Å². The van der Waals surface area contributed by atoms with Crippen molar-refractivity contribution in [3.05, 3.63) is 12.2 Å². The molecule has 6 bridgehead atoms. The van der Waals surface area contributed by atoms with Crippen LogP contribution in [-0.4, -0.2) is 11.9 Å². The molecule has 0 aromatic rings. The lowest BCUT2D eigenvalue weighted by molar-refractivity contribution is -0.130. The quantitative estimate of drug-likeness (QED) is 0.786. The number of carbonyl (C=O) groups is 1. The Kier molecular flexibility index (Phi) is 2.86. The van der Waals surface area contributed by atoms with Crippen LogP contribution in [0.5, 0.6) is 0 Å². The summed E-state index contributed by atoms with van der Waals surface area (Å²) in [5, 5.41) is 3.49. The van der Waals surface area contributed by atoms with Gasteiger partial charge in [0.05, 0.1) is 0 Å². The molecule has 0 aliphatic heterocycles. The summed E-state index contributed by atoms with van der Waals surface area (Å²) < 4.78 is 0. The first-order chi connectivity index (χ1) is 10.6. The molecule has 0 aromatic carbocycles. The normalized spacial score (nSPS) is 52.2. The molecule has 0 saturated heterocycles. The monoisotopic (exact) mass is 299 g/mol. The van der Waals surface area contributed by atoms with E-state index in [4.69, 9.17) is 0 Å². The topological polar surface area (TPSA) is 29.1 Å². The van der Waals surface area contributed by atoms with Gasteiger partial charge in [0.1, 0.15) is 0 Å². The number of allylic oxidation sites excluding steroid dienone is 2. The van der Waals surface area contributed by atoms with Crippen molar-refractivity contribution in [1.82, 2.24) is 5.32 Å². The largest absolute Gasteiger partial charge is 0.353 e. The van der Waals surface area contributed by atoms with Gasteiger partial charge in [0.2, 0.25) is 5.91 Å². The number of rotatable bonds is 3. The van der Waals surface area contributed by atoms with Crippen molar-refractivity contribution < 1.29 is 4.79 Å². The molecule has 6 aliphatic carbocycles. The van der Waals surface area contributed by atoms with Gasteiger partial charge in [0, 0.05) is 12.0 Å². The van der Waals surface area contributed by atoms with Crippen LogP contribution in [0, 0.1) is 40.9 Å². The number of hydrogen-bond acceptors (Lipinski definition) is 1. The van der Waals surface area contributed by atoms with Gasteiger partial charge < -0.3 is 5.32 Å². The molecule has 4 unspecified atom stereocenters. The fourth-order valence-corrected chi connectivity index (χ4v) is 7.26. The first kappa shape index (κ1) is 13.6. The zero-order valence-corrected chi connectivity index (χ0v) is 13.8. The Labute approximate surface area is 134 Å². The predicted molar refractivity (Wildman–Crippen MR) is 87.1 cm³/mol. The van der Waals surface area contributed by atoms with Crippen LogP contribution in [0.3, 0.4) is 0 Å². The van der Waals surface area contributed by atoms with Gasteiger partial charge >= 0.3 is 0 Å². The Morgan fingerprint density at radius 3 is 2.14 bits per heavy atom. The van der Waals surface area contributed by atoms with E-state index in [1.54, 1.807) is 0 Å². The highest BCUT2D eigenvalue weighted by Gasteiger charge is 2.53. The van der Waals surface area contributed by atoms with Crippen LogP contribution >= 0.6 is 0 Å². The second-order valence-electron chi connectivity index (χ2n) is 9.40. The number of amides is 1. The molecule has 5 fully saturated rings. The van der Waals surface area contributed by atoms with E-state index in [1.807, 2.05) is 0 Å². The average molecular weight is 299 g/mol. The molecule has 6 aliphatic rings. The van der Waals surface area contributed by atoms with Gasteiger partial charge in [0.15, 0.2) is 0 Å². The van der Waals surface area contributed by atoms with Gasteiger partial charge in [-0.15, -0.1) is 0 Å². The Bertz CT molecular complexity index is 487. The lowest BCUT2D eigenvalue weighted by atomic mass is 9.48. The van der Waals surface area contributed by atoms with Gasteiger partial charge in [-0.25, -0.2) is 0 Å². The van der Waals surface area contributed by atoms with Crippen LogP contribution in [0.15, 0.2) is 12.2 Å². The first-order valence-corrected chi connectivity index (χ1v) is 9.60. The number of nitrogens with one attached hydrogen (secondary N) is 1. The molecular weight excluding hydrogens is 270 g/mol. The Balaban J connectivity index is 1.29. The molecule has 22 heavy (non-hydrogen) atoms. The van der Waals surface area contributed by atoms with Crippen LogP contribution in [0.2, 0.25) is 0 Å². The highest BCUT2D eigenvalue weighted by atomic mass is 16.2. The maximum Gasteiger partial charge on any atom is 0.223 e. The second-order valence-corrected chi connectivity index (χ2v) is 9.40. The standard InChI is InChI=1S/C20H29NO/c1-12(21-19(22)18-8-13-2-3-17(18)7-13)20-9-14-4-15(10-20)6-16(5-14)11-20/h2-3,12-18H,4-11H2,1H3,(H,21,22). The van der Waals surface area contributed by atoms with E-state index in [9.17, 15) is 4.79 Å². The molecular formula is C20H29NO. The van der Waals surface area contributed by atoms with Crippen LogP contribution in [0.1, 0.15) is 58.3 Å². The summed E-state index contributed by atoms with van der Waals surface area (Å²) in [6.45, 7) is 2.31. The van der Waals surface area contributed by atoms with E-state index < -0.39 is 0 Å². The maximum atomic E-state index is 12.8. The number of hydrogen-bond donors (Lipinski definition) is 1. The van der Waals surface area contributed by atoms with Crippen molar-refractivity contribution in [2.24, 2.45) is 40.9 Å². The zero-order chi connectivity index (χ0) is 14.9. The van der Waals surface area contributed by atoms with Gasteiger partial charge in [0.25, 0.3) is 0 Å². The molecule has 0 radical (unpaired) electrons. The lowest BCUT2D eigenvalue weighted by Crippen LogP contribution is -2.56. The summed E-state index contributed by atoms with van der Waals surface area (Å²) in [7, 11) is 0. The van der Waals surface area contributed by atoms with Gasteiger partial charge in [-0.05, 0) is 93.3 Å². The molecule has 2 nitrogen and oxygen atoms in total. The van der Waals surface area contributed by atoms with E-state index in [0.717, 1.165) is 24.2 Å². The summed E-state index contributed by atoms with van der Waals surface area (Å²) >= 11 is 0. The van der Waals surface area contributed by atoms with Gasteiger partial charge in [-0.2, -0.15) is 0 Å². The van der Waals surface area contributed by atoms with E-state index in [2.05, 4.69) is 24.4 Å². The van der Waals surface area contributed by atoms with E-state index in [-0.39, 0.29) is 5.92 Å². The van der Waals surface area contributed by atoms with Crippen molar-refractivity contribution in [2.45, 2.75) is 64.3 Å². The minimum Gasteiger partial charge on any atom is -0.353 e. The highest BCUT2D eigenvalue weighted by Crippen LogP contribution is 2.61. The average Bonchev–Trinajstić information content (AvgIpc) is 3.08. The fourth-order valence-electron chi connectivity index (χ4n) is 7.26. The second kappa shape index (κ2) is 4.61. The van der Waals surface area contributed by atoms with E-state index in [1.165, 1.54) is 44.9 Å². The molecule has 4 atom stereocenters. The van der Waals surface area contributed by atoms with E-state index in [0.29, 0.717) is 29.2 Å². The van der Waals surface area contributed by atoms with Crippen molar-refractivity contribution >= 4 is 5.91 Å². The predicted octanol–water partition coefficient (Wildman–Crippen LogP) is 3.92. The minimum absolute atomic E-state index is 0.270. The summed E-state index contributed by atoms with van der Waals surface area (Å²) in [5.41, 5.74) is 0.442. The Morgan fingerprint density at radius 1 is 1.00 bits per heavy atom. The van der Waals surface area contributed by atoms with Gasteiger partial charge in [-0.3, -0.25) is 4.79 Å². The number of fused-ring (bicyclic) bond motifs is 2. The SMILES string of the molecule is CC(NC(=O)C1CC2C=CC1C2)C12CC3CC(CC(C3)C1)C2. The molecule has 5 saturated carbocycles. The molecule has 0 heterocycles. The van der Waals surface area contributed by atoms with Crippen LogP contribution in [0.4, 0.5) is 0 Å². The summed E-state index contributed by atoms with van der Waals surface area (Å²) in [4.78, 5) is 12.8. The molecule has 1 N–H and O–H groups in total. The molecule has 2 heteroatoms. The van der Waals surface area contributed by atoms with Crippen molar-refractivity contribution in [3.8, 4) is 0 Å². The highest BCUT2D eigenvalue weighted by molar-refractivity contribution is 5.80.